The van der Waals surface area contributed by atoms with Crippen molar-refractivity contribution in [3.63, 3.8) is 0 Å². The van der Waals surface area contributed by atoms with Crippen molar-refractivity contribution in [2.24, 2.45) is 0 Å². The molecule has 0 amide bonds. The Morgan fingerprint density at radius 1 is 1.24 bits per heavy atom. The minimum atomic E-state index is 0.529. The Balaban J connectivity index is 1.80. The van der Waals surface area contributed by atoms with Crippen molar-refractivity contribution < 1.29 is 4.74 Å². The SMILES string of the molecule is COc1ccc(Cc2cc(C3CCNC3)nc(C)n2)cc1. The van der Waals surface area contributed by atoms with Gasteiger partial charge in [0.2, 0.25) is 0 Å². The minimum absolute atomic E-state index is 0.529. The Labute approximate surface area is 125 Å². The fraction of sp³-hybridized carbons (Fsp3) is 0.412. The molecule has 1 aliphatic heterocycles. The minimum Gasteiger partial charge on any atom is -0.497 e. The van der Waals surface area contributed by atoms with E-state index in [-0.39, 0.29) is 0 Å². The normalized spacial score (nSPS) is 17.9. The highest BCUT2D eigenvalue weighted by Crippen LogP contribution is 2.22. The molecule has 1 aliphatic rings. The monoisotopic (exact) mass is 283 g/mol. The van der Waals surface area contributed by atoms with Crippen LogP contribution in [0.3, 0.4) is 0 Å². The van der Waals surface area contributed by atoms with Crippen LogP contribution in [0.2, 0.25) is 0 Å². The Morgan fingerprint density at radius 3 is 2.71 bits per heavy atom. The molecule has 1 aromatic carbocycles. The third kappa shape index (κ3) is 3.39. The van der Waals surface area contributed by atoms with E-state index in [0.717, 1.165) is 36.8 Å². The molecule has 1 N–H and O–H groups in total. The van der Waals surface area contributed by atoms with Crippen LogP contribution in [0.4, 0.5) is 0 Å². The number of hydrogen-bond acceptors (Lipinski definition) is 4. The molecule has 1 aromatic heterocycles. The number of ether oxygens (including phenoxy) is 1. The fourth-order valence-corrected chi connectivity index (χ4v) is 2.81. The number of rotatable bonds is 4. The van der Waals surface area contributed by atoms with Crippen molar-refractivity contribution in [3.8, 4) is 5.75 Å². The summed E-state index contributed by atoms with van der Waals surface area (Å²) in [7, 11) is 1.69. The van der Waals surface area contributed by atoms with E-state index >= 15 is 0 Å². The summed E-state index contributed by atoms with van der Waals surface area (Å²) in [5.74, 6) is 2.28. The summed E-state index contributed by atoms with van der Waals surface area (Å²) in [6, 6.07) is 10.3. The summed E-state index contributed by atoms with van der Waals surface area (Å²) in [6.45, 7) is 4.09. The predicted octanol–water partition coefficient (Wildman–Crippen LogP) is 2.46. The molecule has 0 aliphatic carbocycles. The molecule has 110 valence electrons. The third-order valence-corrected chi connectivity index (χ3v) is 3.93. The maximum absolute atomic E-state index is 5.19. The van der Waals surface area contributed by atoms with E-state index in [9.17, 15) is 0 Å². The topological polar surface area (TPSA) is 47.0 Å². The summed E-state index contributed by atoms with van der Waals surface area (Å²) in [4.78, 5) is 9.19. The first kappa shape index (κ1) is 14.0. The number of benzene rings is 1. The van der Waals surface area contributed by atoms with Crippen LogP contribution in [-0.4, -0.2) is 30.2 Å². The van der Waals surface area contributed by atoms with Crippen LogP contribution >= 0.6 is 0 Å². The van der Waals surface area contributed by atoms with Gasteiger partial charge in [0.05, 0.1) is 7.11 Å². The van der Waals surface area contributed by atoms with Gasteiger partial charge in [-0.05, 0) is 43.7 Å². The molecule has 1 atom stereocenters. The van der Waals surface area contributed by atoms with Gasteiger partial charge in [0.15, 0.2) is 0 Å². The average Bonchev–Trinajstić information content (AvgIpc) is 3.02. The van der Waals surface area contributed by atoms with Crippen LogP contribution < -0.4 is 10.1 Å². The van der Waals surface area contributed by atoms with Gasteiger partial charge in [-0.15, -0.1) is 0 Å². The first-order valence-corrected chi connectivity index (χ1v) is 7.42. The fourth-order valence-electron chi connectivity index (χ4n) is 2.81. The molecule has 4 heteroatoms. The predicted molar refractivity (Wildman–Crippen MR) is 82.8 cm³/mol. The van der Waals surface area contributed by atoms with Gasteiger partial charge in [0.25, 0.3) is 0 Å². The van der Waals surface area contributed by atoms with Crippen molar-refractivity contribution in [1.29, 1.82) is 0 Å². The van der Waals surface area contributed by atoms with Crippen LogP contribution in [0, 0.1) is 6.92 Å². The van der Waals surface area contributed by atoms with E-state index in [1.54, 1.807) is 7.11 Å². The highest BCUT2D eigenvalue weighted by atomic mass is 16.5. The molecule has 1 unspecified atom stereocenters. The summed E-state index contributed by atoms with van der Waals surface area (Å²) in [6.07, 6.45) is 2.00. The van der Waals surface area contributed by atoms with Gasteiger partial charge in [0, 0.05) is 30.3 Å². The average molecular weight is 283 g/mol. The highest BCUT2D eigenvalue weighted by Gasteiger charge is 2.19. The molecule has 21 heavy (non-hydrogen) atoms. The van der Waals surface area contributed by atoms with E-state index in [1.165, 1.54) is 17.7 Å². The van der Waals surface area contributed by atoms with E-state index in [1.807, 2.05) is 19.1 Å². The second-order valence-corrected chi connectivity index (χ2v) is 5.55. The molecule has 0 spiro atoms. The van der Waals surface area contributed by atoms with Crippen molar-refractivity contribution in [1.82, 2.24) is 15.3 Å². The largest absolute Gasteiger partial charge is 0.497 e. The van der Waals surface area contributed by atoms with Gasteiger partial charge in [-0.25, -0.2) is 9.97 Å². The van der Waals surface area contributed by atoms with Crippen LogP contribution in [-0.2, 0) is 6.42 Å². The van der Waals surface area contributed by atoms with Gasteiger partial charge in [-0.2, -0.15) is 0 Å². The van der Waals surface area contributed by atoms with Crippen LogP contribution in [0.15, 0.2) is 30.3 Å². The van der Waals surface area contributed by atoms with Gasteiger partial charge in [-0.1, -0.05) is 12.1 Å². The molecule has 1 fully saturated rings. The van der Waals surface area contributed by atoms with Crippen molar-refractivity contribution in [2.75, 3.05) is 20.2 Å². The lowest BCUT2D eigenvalue weighted by molar-refractivity contribution is 0.414. The lowest BCUT2D eigenvalue weighted by Crippen LogP contribution is -2.10. The maximum atomic E-state index is 5.19. The van der Waals surface area contributed by atoms with Crippen molar-refractivity contribution >= 4 is 0 Å². The summed E-state index contributed by atoms with van der Waals surface area (Å²) in [5.41, 5.74) is 3.51. The zero-order chi connectivity index (χ0) is 14.7. The number of hydrogen-bond donors (Lipinski definition) is 1. The van der Waals surface area contributed by atoms with Gasteiger partial charge in [0.1, 0.15) is 11.6 Å². The molecule has 0 saturated carbocycles. The third-order valence-electron chi connectivity index (χ3n) is 3.93. The molecular weight excluding hydrogens is 262 g/mol. The van der Waals surface area contributed by atoms with Crippen molar-refractivity contribution in [3.05, 3.63) is 53.1 Å². The van der Waals surface area contributed by atoms with Gasteiger partial charge < -0.3 is 10.1 Å². The second-order valence-electron chi connectivity index (χ2n) is 5.55. The van der Waals surface area contributed by atoms with Crippen LogP contribution in [0.25, 0.3) is 0 Å². The molecule has 0 radical (unpaired) electrons. The lowest BCUT2D eigenvalue weighted by atomic mass is 10.0. The van der Waals surface area contributed by atoms with Crippen LogP contribution in [0.5, 0.6) is 5.75 Å². The zero-order valence-corrected chi connectivity index (χ0v) is 12.6. The number of methoxy groups -OCH3 is 1. The molecule has 2 heterocycles. The van der Waals surface area contributed by atoms with E-state index in [0.29, 0.717) is 5.92 Å². The molecule has 0 bridgehead atoms. The van der Waals surface area contributed by atoms with Gasteiger partial charge >= 0.3 is 0 Å². The van der Waals surface area contributed by atoms with E-state index < -0.39 is 0 Å². The summed E-state index contributed by atoms with van der Waals surface area (Å²) < 4.78 is 5.19. The molecular formula is C17H21N3O. The highest BCUT2D eigenvalue weighted by molar-refractivity contribution is 5.30. The first-order chi connectivity index (χ1) is 10.2. The van der Waals surface area contributed by atoms with Crippen LogP contribution in [0.1, 0.15) is 35.1 Å². The van der Waals surface area contributed by atoms with Gasteiger partial charge in [-0.3, -0.25) is 0 Å². The summed E-state index contributed by atoms with van der Waals surface area (Å²) >= 11 is 0. The molecule has 4 nitrogen and oxygen atoms in total. The quantitative estimate of drug-likeness (QED) is 0.936. The maximum Gasteiger partial charge on any atom is 0.125 e. The Bertz CT molecular complexity index is 604. The first-order valence-electron chi connectivity index (χ1n) is 7.42. The second kappa shape index (κ2) is 6.22. The molecule has 1 saturated heterocycles. The Morgan fingerprint density at radius 2 is 2.05 bits per heavy atom. The standard InChI is InChI=1S/C17H21N3O/c1-12-19-15(9-13-3-5-16(21-2)6-4-13)10-17(20-12)14-7-8-18-11-14/h3-6,10,14,18H,7-9,11H2,1-2H3. The molecule has 3 rings (SSSR count). The smallest absolute Gasteiger partial charge is 0.125 e. The Kier molecular flexibility index (Phi) is 4.15. The Hall–Kier alpha value is -1.94. The van der Waals surface area contributed by atoms with E-state index in [2.05, 4.69) is 33.5 Å². The lowest BCUT2D eigenvalue weighted by Gasteiger charge is -2.11. The number of aromatic nitrogens is 2. The number of aryl methyl sites for hydroxylation is 1. The number of nitrogens with zero attached hydrogens (tertiary/aromatic N) is 2. The molecule has 2 aromatic rings. The van der Waals surface area contributed by atoms with Crippen molar-refractivity contribution in [2.45, 2.75) is 25.7 Å². The van der Waals surface area contributed by atoms with E-state index in [4.69, 9.17) is 4.74 Å². The zero-order valence-electron chi connectivity index (χ0n) is 12.6. The number of nitrogens with one attached hydrogen (secondary N) is 1. The summed E-state index contributed by atoms with van der Waals surface area (Å²) in [5, 5.41) is 3.40.